The zero-order valence-corrected chi connectivity index (χ0v) is 8.11. The third kappa shape index (κ3) is 1.49. The molecule has 0 atom stereocenters. The minimum Gasteiger partial charge on any atom is -0.255 e. The maximum absolute atomic E-state index is 11.2. The van der Waals surface area contributed by atoms with Gasteiger partial charge in [-0.05, 0) is 18.2 Å². The van der Waals surface area contributed by atoms with Crippen molar-refractivity contribution in [2.45, 2.75) is 0 Å². The summed E-state index contributed by atoms with van der Waals surface area (Å²) < 4.78 is 23.5. The molecule has 0 saturated heterocycles. The van der Waals surface area contributed by atoms with Crippen LogP contribution in [0.3, 0.4) is 0 Å². The lowest BCUT2D eigenvalue weighted by Gasteiger charge is -2.24. The number of fused-ring (bicyclic) bond motifs is 1. The van der Waals surface area contributed by atoms with Gasteiger partial charge >= 0.3 is 0 Å². The Hall–Kier alpha value is -1.40. The Morgan fingerprint density at radius 3 is 3.00 bits per heavy atom. The van der Waals surface area contributed by atoms with E-state index in [1.807, 2.05) is 0 Å². The van der Waals surface area contributed by atoms with Crippen LogP contribution < -0.4 is 9.44 Å². The molecule has 0 amide bonds. The van der Waals surface area contributed by atoms with Gasteiger partial charge in [-0.3, -0.25) is 9.29 Å². The summed E-state index contributed by atoms with van der Waals surface area (Å²) in [6, 6.07) is 3.35. The number of hydrogen-bond donors (Lipinski definition) is 1. The number of nitrogens with zero attached hydrogens (tertiary/aromatic N) is 2. The summed E-state index contributed by atoms with van der Waals surface area (Å²) in [5.74, 6) is 0. The summed E-state index contributed by atoms with van der Waals surface area (Å²) in [4.78, 5) is 4.03. The number of pyridine rings is 1. The first-order chi connectivity index (χ1) is 6.59. The predicted molar refractivity (Wildman–Crippen MR) is 53.7 cm³/mol. The first kappa shape index (κ1) is 9.17. The molecule has 5 nitrogen and oxygen atoms in total. The predicted octanol–water partition coefficient (Wildman–Crippen LogP) is 0.118. The van der Waals surface area contributed by atoms with Crippen LogP contribution in [-0.2, 0) is 10.2 Å². The summed E-state index contributed by atoms with van der Waals surface area (Å²) in [5, 5.41) is 5.06. The van der Waals surface area contributed by atoms with Crippen molar-refractivity contribution in [3.8, 4) is 0 Å². The van der Waals surface area contributed by atoms with Gasteiger partial charge in [0.2, 0.25) is 0 Å². The van der Waals surface area contributed by atoms with E-state index in [0.29, 0.717) is 11.4 Å². The van der Waals surface area contributed by atoms with Crippen LogP contribution in [0.15, 0.2) is 24.4 Å². The number of anilines is 1. The van der Waals surface area contributed by atoms with Gasteiger partial charge in [0, 0.05) is 6.20 Å². The molecule has 1 aromatic heterocycles. The van der Waals surface area contributed by atoms with Crippen LogP contribution >= 0.6 is 0 Å². The molecule has 1 aliphatic rings. The Kier molecular flexibility index (Phi) is 2.01. The van der Waals surface area contributed by atoms with E-state index in [0.717, 1.165) is 4.31 Å². The molecule has 0 unspecified atom stereocenters. The van der Waals surface area contributed by atoms with Gasteiger partial charge in [-0.2, -0.15) is 8.42 Å². The third-order valence-electron chi connectivity index (χ3n) is 1.94. The minimum absolute atomic E-state index is 0.261. The van der Waals surface area contributed by atoms with E-state index in [9.17, 15) is 8.42 Å². The highest BCUT2D eigenvalue weighted by atomic mass is 32.2. The highest BCUT2D eigenvalue weighted by molar-refractivity contribution is 7.90. The lowest BCUT2D eigenvalue weighted by atomic mass is 10.2. The van der Waals surface area contributed by atoms with E-state index in [1.54, 1.807) is 30.5 Å². The van der Waals surface area contributed by atoms with Gasteiger partial charge in [-0.1, -0.05) is 6.08 Å². The monoisotopic (exact) mass is 211 g/mol. The van der Waals surface area contributed by atoms with Crippen molar-refractivity contribution in [2.24, 2.45) is 5.14 Å². The molecule has 0 aromatic carbocycles. The lowest BCUT2D eigenvalue weighted by Crippen LogP contribution is -2.38. The third-order valence-corrected chi connectivity index (χ3v) is 2.90. The summed E-state index contributed by atoms with van der Waals surface area (Å²) >= 11 is 0. The first-order valence-corrected chi connectivity index (χ1v) is 5.51. The number of aromatic nitrogens is 1. The number of nitrogens with two attached hydrogens (primary N) is 1. The summed E-state index contributed by atoms with van der Waals surface area (Å²) in [5.41, 5.74) is 1.14. The van der Waals surface area contributed by atoms with E-state index in [1.165, 1.54) is 0 Å². The van der Waals surface area contributed by atoms with E-state index in [4.69, 9.17) is 5.14 Å². The van der Waals surface area contributed by atoms with Crippen LogP contribution in [0.2, 0.25) is 0 Å². The first-order valence-electron chi connectivity index (χ1n) is 4.01. The highest BCUT2D eigenvalue weighted by Gasteiger charge is 2.21. The van der Waals surface area contributed by atoms with Crippen LogP contribution in [0.1, 0.15) is 5.69 Å². The van der Waals surface area contributed by atoms with Crippen molar-refractivity contribution in [1.29, 1.82) is 0 Å². The number of hydrogen-bond acceptors (Lipinski definition) is 3. The lowest BCUT2D eigenvalue weighted by molar-refractivity contribution is 0.594. The van der Waals surface area contributed by atoms with Crippen molar-refractivity contribution < 1.29 is 8.42 Å². The molecule has 2 N–H and O–H groups in total. The van der Waals surface area contributed by atoms with E-state index < -0.39 is 10.2 Å². The Morgan fingerprint density at radius 2 is 2.29 bits per heavy atom. The van der Waals surface area contributed by atoms with Gasteiger partial charge in [0.1, 0.15) is 0 Å². The van der Waals surface area contributed by atoms with Gasteiger partial charge in [-0.15, -0.1) is 0 Å². The van der Waals surface area contributed by atoms with Gasteiger partial charge in [0.25, 0.3) is 10.2 Å². The standard InChI is InChI=1S/C8H9N3O2S/c9-14(12,13)11-6-2-3-7-8(11)4-1-5-10-7/h1-5H,6H2,(H2,9,12,13). The molecule has 1 aromatic rings. The molecule has 1 aliphatic heterocycles. The highest BCUT2D eigenvalue weighted by Crippen LogP contribution is 2.24. The molecule has 0 spiro atoms. The smallest absolute Gasteiger partial charge is 0.255 e. The van der Waals surface area contributed by atoms with Crippen LogP contribution in [0, 0.1) is 0 Å². The van der Waals surface area contributed by atoms with Crippen molar-refractivity contribution in [3.05, 3.63) is 30.1 Å². The van der Waals surface area contributed by atoms with Gasteiger partial charge in [0.15, 0.2) is 0 Å². The van der Waals surface area contributed by atoms with Crippen LogP contribution in [0.25, 0.3) is 6.08 Å². The average molecular weight is 211 g/mol. The van der Waals surface area contributed by atoms with E-state index in [-0.39, 0.29) is 6.54 Å². The molecule has 74 valence electrons. The fourth-order valence-corrected chi connectivity index (χ4v) is 2.07. The van der Waals surface area contributed by atoms with Crippen LogP contribution in [-0.4, -0.2) is 19.9 Å². The average Bonchev–Trinajstić information content (AvgIpc) is 2.15. The zero-order chi connectivity index (χ0) is 10.2. The van der Waals surface area contributed by atoms with Crippen LogP contribution in [0.4, 0.5) is 5.69 Å². The SMILES string of the molecule is NS(=O)(=O)N1CC=Cc2ncccc21. The molecule has 2 heterocycles. The summed E-state index contributed by atoms with van der Waals surface area (Å²) in [6.07, 6.45) is 5.09. The molecule has 0 aliphatic carbocycles. The second-order valence-electron chi connectivity index (χ2n) is 2.89. The molecule has 0 fully saturated rings. The molecule has 2 rings (SSSR count). The van der Waals surface area contributed by atoms with Crippen molar-refractivity contribution in [2.75, 3.05) is 10.8 Å². The van der Waals surface area contributed by atoms with Gasteiger partial charge in [0.05, 0.1) is 17.9 Å². The molecule has 0 bridgehead atoms. The summed E-state index contributed by atoms with van der Waals surface area (Å²) in [6.45, 7) is 0.261. The van der Waals surface area contributed by atoms with E-state index in [2.05, 4.69) is 4.98 Å². The molecular weight excluding hydrogens is 202 g/mol. The molecule has 6 heteroatoms. The second kappa shape index (κ2) is 3.07. The maximum Gasteiger partial charge on any atom is 0.299 e. The van der Waals surface area contributed by atoms with Crippen LogP contribution in [0.5, 0.6) is 0 Å². The van der Waals surface area contributed by atoms with Gasteiger partial charge < -0.3 is 0 Å². The zero-order valence-electron chi connectivity index (χ0n) is 7.29. The van der Waals surface area contributed by atoms with Gasteiger partial charge in [-0.25, -0.2) is 5.14 Å². The molecule has 0 radical (unpaired) electrons. The minimum atomic E-state index is -3.70. The summed E-state index contributed by atoms with van der Waals surface area (Å²) in [7, 11) is -3.70. The fourth-order valence-electron chi connectivity index (χ4n) is 1.35. The van der Waals surface area contributed by atoms with Crippen molar-refractivity contribution in [3.63, 3.8) is 0 Å². The van der Waals surface area contributed by atoms with E-state index >= 15 is 0 Å². The number of rotatable bonds is 1. The van der Waals surface area contributed by atoms with Crippen molar-refractivity contribution in [1.82, 2.24) is 4.98 Å². The Balaban J connectivity index is 2.57. The topological polar surface area (TPSA) is 76.3 Å². The Labute approximate surface area is 82.0 Å². The quantitative estimate of drug-likeness (QED) is 0.716. The maximum atomic E-state index is 11.2. The molecule has 0 saturated carbocycles. The molecular formula is C8H9N3O2S. The largest absolute Gasteiger partial charge is 0.299 e. The molecule has 14 heavy (non-hydrogen) atoms. The normalized spacial score (nSPS) is 15.4. The fraction of sp³-hybridized carbons (Fsp3) is 0.125. The Bertz CT molecular complexity index is 481. The second-order valence-corrected chi connectivity index (χ2v) is 4.36. The Morgan fingerprint density at radius 1 is 1.50 bits per heavy atom. The van der Waals surface area contributed by atoms with Crippen molar-refractivity contribution >= 4 is 22.0 Å².